The Morgan fingerprint density at radius 2 is 1.54 bits per heavy atom. The molecule has 2 N–H and O–H groups in total. The van der Waals surface area contributed by atoms with Gasteiger partial charge in [-0.3, -0.25) is 4.79 Å². The summed E-state index contributed by atoms with van der Waals surface area (Å²) in [6.07, 6.45) is 0. The van der Waals surface area contributed by atoms with Crippen molar-refractivity contribution in [2.24, 2.45) is 0 Å². The molecule has 0 bridgehead atoms. The topological polar surface area (TPSA) is 78.1 Å². The van der Waals surface area contributed by atoms with Crippen molar-refractivity contribution in [1.82, 2.24) is 0 Å². The molecule has 8 heteroatoms. The Bertz CT molecular complexity index is 782. The molecule has 0 heterocycles. The van der Waals surface area contributed by atoms with E-state index >= 15 is 0 Å². The highest BCUT2D eigenvalue weighted by molar-refractivity contribution is 6.32. The molecule has 7 nitrogen and oxygen atoms in total. The van der Waals surface area contributed by atoms with Crippen molar-refractivity contribution in [2.45, 2.75) is 0 Å². The monoisotopic (exact) mass is 380 g/mol. The van der Waals surface area contributed by atoms with Crippen LogP contribution in [0.1, 0.15) is 0 Å². The predicted octanol–water partition coefficient (Wildman–Crippen LogP) is 3.43. The summed E-state index contributed by atoms with van der Waals surface area (Å²) in [5, 5.41) is 6.21. The number of anilines is 2. The number of ether oxygens (including phenoxy) is 4. The molecule has 0 unspecified atom stereocenters. The van der Waals surface area contributed by atoms with Gasteiger partial charge in [0.15, 0.2) is 11.5 Å². The molecule has 2 aromatic carbocycles. The fourth-order valence-electron chi connectivity index (χ4n) is 2.29. The van der Waals surface area contributed by atoms with Gasteiger partial charge in [-0.2, -0.15) is 0 Å². The van der Waals surface area contributed by atoms with Crippen LogP contribution in [-0.4, -0.2) is 40.9 Å². The van der Waals surface area contributed by atoms with Gasteiger partial charge in [-0.1, -0.05) is 11.6 Å². The first-order valence-electron chi connectivity index (χ1n) is 7.69. The van der Waals surface area contributed by atoms with Gasteiger partial charge in [0.1, 0.15) is 11.5 Å². The largest absolute Gasteiger partial charge is 0.495 e. The molecule has 0 aromatic heterocycles. The summed E-state index contributed by atoms with van der Waals surface area (Å²) < 4.78 is 20.8. The first-order chi connectivity index (χ1) is 12.5. The maximum absolute atomic E-state index is 12.2. The number of hydrogen-bond donors (Lipinski definition) is 2. The molecular formula is C18H21ClN2O5. The fourth-order valence-corrected chi connectivity index (χ4v) is 2.52. The van der Waals surface area contributed by atoms with Crippen LogP contribution in [-0.2, 0) is 4.79 Å². The van der Waals surface area contributed by atoms with Gasteiger partial charge < -0.3 is 29.6 Å². The minimum absolute atomic E-state index is 0.0233. The van der Waals surface area contributed by atoms with E-state index < -0.39 is 0 Å². The lowest BCUT2D eigenvalue weighted by Crippen LogP contribution is -2.22. The molecule has 26 heavy (non-hydrogen) atoms. The van der Waals surface area contributed by atoms with Crippen LogP contribution in [0.3, 0.4) is 0 Å². The minimum Gasteiger partial charge on any atom is -0.495 e. The zero-order chi connectivity index (χ0) is 19.1. The first-order valence-corrected chi connectivity index (χ1v) is 8.07. The number of carbonyl (C=O) groups excluding carboxylic acids is 1. The van der Waals surface area contributed by atoms with Crippen LogP contribution in [0.4, 0.5) is 11.4 Å². The Kier molecular flexibility index (Phi) is 6.80. The zero-order valence-corrected chi connectivity index (χ0v) is 15.8. The van der Waals surface area contributed by atoms with Crippen molar-refractivity contribution in [3.63, 3.8) is 0 Å². The van der Waals surface area contributed by atoms with Gasteiger partial charge in [0, 0.05) is 23.9 Å². The SMILES string of the molecule is COc1cc(NCC(=O)Nc2ccc(OC)c(OC)c2)c(OC)cc1Cl. The molecule has 0 fully saturated rings. The van der Waals surface area contributed by atoms with Gasteiger partial charge in [0.25, 0.3) is 0 Å². The second kappa shape index (κ2) is 9.05. The third-order valence-corrected chi connectivity index (χ3v) is 3.88. The number of hydrogen-bond acceptors (Lipinski definition) is 6. The van der Waals surface area contributed by atoms with E-state index in [1.54, 1.807) is 37.4 Å². The molecular weight excluding hydrogens is 360 g/mol. The van der Waals surface area contributed by atoms with Crippen LogP contribution in [0, 0.1) is 0 Å². The third-order valence-electron chi connectivity index (χ3n) is 3.58. The van der Waals surface area contributed by atoms with E-state index in [-0.39, 0.29) is 12.5 Å². The zero-order valence-electron chi connectivity index (χ0n) is 15.0. The Morgan fingerprint density at radius 1 is 0.885 bits per heavy atom. The van der Waals surface area contributed by atoms with Gasteiger partial charge in [-0.05, 0) is 12.1 Å². The molecule has 0 atom stereocenters. The maximum Gasteiger partial charge on any atom is 0.243 e. The fraction of sp³-hybridized carbons (Fsp3) is 0.278. The van der Waals surface area contributed by atoms with Crippen LogP contribution < -0.4 is 29.6 Å². The van der Waals surface area contributed by atoms with Crippen LogP contribution in [0.5, 0.6) is 23.0 Å². The second-order valence-corrected chi connectivity index (χ2v) is 5.57. The number of nitrogens with one attached hydrogen (secondary N) is 2. The summed E-state index contributed by atoms with van der Waals surface area (Å²) in [4.78, 5) is 12.2. The average Bonchev–Trinajstić information content (AvgIpc) is 2.66. The summed E-state index contributed by atoms with van der Waals surface area (Å²) in [6, 6.07) is 8.42. The molecule has 2 aromatic rings. The number of carbonyl (C=O) groups is 1. The molecule has 0 radical (unpaired) electrons. The summed E-state index contributed by atoms with van der Waals surface area (Å²) in [6.45, 7) is 0.0233. The summed E-state index contributed by atoms with van der Waals surface area (Å²) in [5.74, 6) is 1.86. The molecule has 1 amide bonds. The van der Waals surface area contributed by atoms with Crippen LogP contribution >= 0.6 is 11.6 Å². The lowest BCUT2D eigenvalue weighted by Gasteiger charge is -2.14. The Balaban J connectivity index is 2.05. The van der Waals surface area contributed by atoms with E-state index in [2.05, 4.69) is 10.6 Å². The van der Waals surface area contributed by atoms with E-state index in [0.29, 0.717) is 39.4 Å². The molecule has 0 aliphatic heterocycles. The summed E-state index contributed by atoms with van der Waals surface area (Å²) >= 11 is 6.07. The van der Waals surface area contributed by atoms with Crippen molar-refractivity contribution in [1.29, 1.82) is 0 Å². The van der Waals surface area contributed by atoms with Crippen LogP contribution in [0.25, 0.3) is 0 Å². The lowest BCUT2D eigenvalue weighted by atomic mass is 10.2. The second-order valence-electron chi connectivity index (χ2n) is 5.16. The highest BCUT2D eigenvalue weighted by Gasteiger charge is 2.12. The van der Waals surface area contributed by atoms with Gasteiger partial charge in [-0.25, -0.2) is 0 Å². The highest BCUT2D eigenvalue weighted by Crippen LogP contribution is 2.35. The molecule has 140 valence electrons. The third kappa shape index (κ3) is 4.64. The number of rotatable bonds is 8. The van der Waals surface area contributed by atoms with E-state index in [9.17, 15) is 4.79 Å². The summed E-state index contributed by atoms with van der Waals surface area (Å²) in [7, 11) is 6.12. The highest BCUT2D eigenvalue weighted by atomic mass is 35.5. The molecule has 0 spiro atoms. The first kappa shape index (κ1) is 19.5. The smallest absolute Gasteiger partial charge is 0.243 e. The number of amides is 1. The minimum atomic E-state index is -0.242. The van der Waals surface area contributed by atoms with E-state index in [1.165, 1.54) is 21.3 Å². The van der Waals surface area contributed by atoms with Crippen molar-refractivity contribution in [3.05, 3.63) is 35.4 Å². The standard InChI is InChI=1S/C18H21ClN2O5/c1-23-14-6-5-11(7-17(14)26-4)21-18(22)10-20-13-9-15(24-2)12(19)8-16(13)25-3/h5-9,20H,10H2,1-4H3,(H,21,22). The average molecular weight is 381 g/mol. The van der Waals surface area contributed by atoms with Gasteiger partial charge in [-0.15, -0.1) is 0 Å². The van der Waals surface area contributed by atoms with Crippen LogP contribution in [0.2, 0.25) is 5.02 Å². The molecule has 0 saturated heterocycles. The van der Waals surface area contributed by atoms with E-state index in [0.717, 1.165) is 0 Å². The lowest BCUT2D eigenvalue weighted by molar-refractivity contribution is -0.114. The van der Waals surface area contributed by atoms with E-state index in [1.807, 2.05) is 0 Å². The van der Waals surface area contributed by atoms with E-state index in [4.69, 9.17) is 30.5 Å². The van der Waals surface area contributed by atoms with Gasteiger partial charge in [0.2, 0.25) is 5.91 Å². The van der Waals surface area contributed by atoms with Gasteiger partial charge >= 0.3 is 0 Å². The Labute approximate surface area is 157 Å². The molecule has 2 rings (SSSR count). The van der Waals surface area contributed by atoms with Crippen molar-refractivity contribution >= 4 is 28.9 Å². The van der Waals surface area contributed by atoms with Crippen molar-refractivity contribution in [3.8, 4) is 23.0 Å². The maximum atomic E-state index is 12.2. The molecule has 0 aliphatic rings. The Morgan fingerprint density at radius 3 is 2.15 bits per heavy atom. The normalized spacial score (nSPS) is 10.0. The van der Waals surface area contributed by atoms with Gasteiger partial charge in [0.05, 0.1) is 45.7 Å². The molecule has 0 aliphatic carbocycles. The van der Waals surface area contributed by atoms with Crippen molar-refractivity contribution in [2.75, 3.05) is 45.6 Å². The molecule has 0 saturated carbocycles. The number of methoxy groups -OCH3 is 4. The predicted molar refractivity (Wildman–Crippen MR) is 101 cm³/mol. The summed E-state index contributed by atoms with van der Waals surface area (Å²) in [5.41, 5.74) is 1.19. The van der Waals surface area contributed by atoms with Crippen LogP contribution in [0.15, 0.2) is 30.3 Å². The van der Waals surface area contributed by atoms with Crippen molar-refractivity contribution < 1.29 is 23.7 Å². The number of halogens is 1. The quantitative estimate of drug-likeness (QED) is 0.730. The Hall–Kier alpha value is -2.80. The number of benzene rings is 2.